The van der Waals surface area contributed by atoms with Crippen molar-refractivity contribution in [2.75, 3.05) is 13.2 Å². The van der Waals surface area contributed by atoms with Crippen molar-refractivity contribution >= 4 is 44.6 Å². The highest BCUT2D eigenvalue weighted by molar-refractivity contribution is 8.01. The molecule has 0 radical (unpaired) electrons. The molecule has 6 nitrogen and oxygen atoms in total. The largest absolute Gasteiger partial charge is 0.744 e. The van der Waals surface area contributed by atoms with Gasteiger partial charge in [-0.15, -0.1) is 0 Å². The van der Waals surface area contributed by atoms with Gasteiger partial charge >= 0.3 is 5.97 Å². The fourth-order valence-corrected chi connectivity index (χ4v) is 9.28. The first-order valence-corrected chi connectivity index (χ1v) is 16.0. The fourth-order valence-electron chi connectivity index (χ4n) is 4.50. The number of carbonyl (C=O) groups excluding carboxylic acids is 1. The van der Waals surface area contributed by atoms with E-state index in [0.29, 0.717) is 0 Å². The monoisotopic (exact) mass is 584 g/mol. The van der Waals surface area contributed by atoms with Gasteiger partial charge in [0.05, 0.1) is 17.1 Å². The van der Waals surface area contributed by atoms with Crippen molar-refractivity contribution in [2.24, 2.45) is 0 Å². The third-order valence-corrected chi connectivity index (χ3v) is 11.4. The summed E-state index contributed by atoms with van der Waals surface area (Å²) in [4.78, 5) is 10.8. The number of hydrogen-bond donors (Lipinski definition) is 1. The minimum Gasteiger partial charge on any atom is -0.744 e. The number of benzene rings is 5. The van der Waals surface area contributed by atoms with Gasteiger partial charge in [0.2, 0.25) is 0 Å². The van der Waals surface area contributed by atoms with Crippen molar-refractivity contribution in [3.05, 3.63) is 151 Å². The van der Waals surface area contributed by atoms with Gasteiger partial charge in [0.15, 0.2) is 0 Å². The molecule has 1 N–H and O–H groups in total. The second kappa shape index (κ2) is 14.0. The van der Waals surface area contributed by atoms with E-state index in [-0.39, 0.29) is 18.8 Å². The predicted octanol–water partition coefficient (Wildman–Crippen LogP) is 4.05. The Morgan fingerprint density at radius 2 is 1.02 bits per heavy atom. The van der Waals surface area contributed by atoms with E-state index in [1.807, 2.05) is 0 Å². The second-order valence-corrected chi connectivity index (χ2v) is 13.6. The Balaban J connectivity index is 0.000000210. The molecule has 0 spiro atoms. The molecular weight excluding hydrogens is 555 g/mol. The highest BCUT2D eigenvalue weighted by Crippen LogP contribution is 2.53. The van der Waals surface area contributed by atoms with E-state index in [9.17, 15) is 17.8 Å². The summed E-state index contributed by atoms with van der Waals surface area (Å²) in [6, 6.07) is 48.4. The maximum Gasteiger partial charge on any atom is 0.338 e. The molecule has 0 unspecified atom stereocenters. The van der Waals surface area contributed by atoms with Gasteiger partial charge < -0.3 is 14.4 Å². The summed E-state index contributed by atoms with van der Waals surface area (Å²) in [6.07, 6.45) is 0. The Kier molecular flexibility index (Phi) is 10.2. The van der Waals surface area contributed by atoms with Crippen LogP contribution in [0.2, 0.25) is 0 Å². The van der Waals surface area contributed by atoms with E-state index >= 15 is 0 Å². The van der Waals surface area contributed by atoms with Crippen molar-refractivity contribution in [3.8, 4) is 0 Å². The van der Waals surface area contributed by atoms with E-state index in [1.165, 1.54) is 33.4 Å². The van der Waals surface area contributed by atoms with E-state index in [4.69, 9.17) is 5.11 Å². The molecule has 0 aliphatic carbocycles. The molecular formula is C33H29O6PS. The SMILES string of the molecule is O=C(OCCO)c1cccc(S(=O)(=O)[O-])c1.c1ccc([P+](c2ccccc2)(c2ccccc2)c2ccccc2)cc1. The zero-order valence-corrected chi connectivity index (χ0v) is 23.8. The molecule has 0 atom stereocenters. The van der Waals surface area contributed by atoms with Gasteiger partial charge in [0.25, 0.3) is 0 Å². The van der Waals surface area contributed by atoms with Crippen molar-refractivity contribution in [2.45, 2.75) is 4.90 Å². The van der Waals surface area contributed by atoms with Crippen LogP contribution in [0.25, 0.3) is 0 Å². The lowest BCUT2D eigenvalue weighted by Gasteiger charge is -2.27. The molecule has 0 saturated carbocycles. The molecule has 5 aromatic rings. The van der Waals surface area contributed by atoms with Crippen LogP contribution in [0.15, 0.2) is 150 Å². The average Bonchev–Trinajstić information content (AvgIpc) is 3.02. The maximum absolute atomic E-state index is 11.3. The lowest BCUT2D eigenvalue weighted by atomic mass is 10.2. The van der Waals surface area contributed by atoms with Gasteiger partial charge in [-0.1, -0.05) is 78.9 Å². The number of aliphatic hydroxyl groups is 1. The topological polar surface area (TPSA) is 104 Å². The fraction of sp³-hybridized carbons (Fsp3) is 0.0606. The van der Waals surface area contributed by atoms with Crippen LogP contribution in [0.3, 0.4) is 0 Å². The quantitative estimate of drug-likeness (QED) is 0.168. The van der Waals surface area contributed by atoms with Gasteiger partial charge in [-0.05, 0) is 66.7 Å². The van der Waals surface area contributed by atoms with E-state index < -0.39 is 28.2 Å². The van der Waals surface area contributed by atoms with E-state index in [1.54, 1.807) is 0 Å². The summed E-state index contributed by atoms with van der Waals surface area (Å²) >= 11 is 0. The molecule has 5 rings (SSSR count). The Bertz CT molecular complexity index is 1480. The van der Waals surface area contributed by atoms with Crippen LogP contribution in [0.1, 0.15) is 10.4 Å². The molecule has 208 valence electrons. The summed E-state index contributed by atoms with van der Waals surface area (Å²) in [5, 5.41) is 14.0. The summed E-state index contributed by atoms with van der Waals surface area (Å²) in [6.45, 7) is -0.515. The number of hydrogen-bond acceptors (Lipinski definition) is 6. The summed E-state index contributed by atoms with van der Waals surface area (Å²) < 4.78 is 36.6. The molecule has 8 heteroatoms. The highest BCUT2D eigenvalue weighted by Gasteiger charge is 2.47. The Hall–Kier alpha value is -4.13. The molecule has 0 aromatic heterocycles. The van der Waals surface area contributed by atoms with E-state index in [2.05, 4.69) is 126 Å². The van der Waals surface area contributed by atoms with Crippen LogP contribution in [-0.2, 0) is 14.9 Å². The van der Waals surface area contributed by atoms with Gasteiger partial charge in [-0.3, -0.25) is 0 Å². The van der Waals surface area contributed by atoms with Crippen molar-refractivity contribution in [3.63, 3.8) is 0 Å². The maximum atomic E-state index is 11.3. The number of ether oxygens (including phenoxy) is 1. The average molecular weight is 585 g/mol. The molecule has 0 saturated heterocycles. The predicted molar refractivity (Wildman–Crippen MR) is 163 cm³/mol. The van der Waals surface area contributed by atoms with Crippen LogP contribution in [-0.4, -0.2) is 37.3 Å². The van der Waals surface area contributed by atoms with Crippen molar-refractivity contribution in [1.82, 2.24) is 0 Å². The second-order valence-electron chi connectivity index (χ2n) is 8.85. The highest BCUT2D eigenvalue weighted by atomic mass is 32.2. The van der Waals surface area contributed by atoms with Crippen LogP contribution >= 0.6 is 7.26 Å². The van der Waals surface area contributed by atoms with Crippen LogP contribution in [0.5, 0.6) is 0 Å². The summed E-state index contributed by atoms with van der Waals surface area (Å²) in [7, 11) is -6.49. The minimum atomic E-state index is -4.59. The third-order valence-electron chi connectivity index (χ3n) is 6.26. The minimum absolute atomic E-state index is 0.0506. The zero-order valence-electron chi connectivity index (χ0n) is 22.1. The number of carbonyl (C=O) groups is 1. The number of rotatable bonds is 8. The number of aliphatic hydroxyl groups excluding tert-OH is 1. The van der Waals surface area contributed by atoms with Gasteiger partial charge in [-0.2, -0.15) is 0 Å². The van der Waals surface area contributed by atoms with Gasteiger partial charge in [0.1, 0.15) is 45.2 Å². The first kappa shape index (κ1) is 29.8. The first-order chi connectivity index (χ1) is 19.9. The molecule has 0 bridgehead atoms. The van der Waals surface area contributed by atoms with Crippen molar-refractivity contribution in [1.29, 1.82) is 0 Å². The standard InChI is InChI=1S/C24H20P.C9H10O6S/c1-5-13-21(14-6-1)25(22-15-7-2-8-16-22,23-17-9-3-10-18-23)24-19-11-4-12-20-24;10-4-5-15-9(11)7-2-1-3-8(6-7)16(12,13)14/h1-20H;1-3,6,10H,4-5H2,(H,12,13,14)/q+1;/p-1. The molecule has 0 amide bonds. The summed E-state index contributed by atoms with van der Waals surface area (Å²) in [5.41, 5.74) is -0.0506. The lowest BCUT2D eigenvalue weighted by molar-refractivity contribution is 0.0433. The normalized spacial score (nSPS) is 11.2. The van der Waals surface area contributed by atoms with E-state index in [0.717, 1.165) is 12.1 Å². The molecule has 0 aliphatic heterocycles. The molecule has 0 aliphatic rings. The smallest absolute Gasteiger partial charge is 0.338 e. The number of esters is 1. The van der Waals surface area contributed by atoms with Crippen LogP contribution in [0.4, 0.5) is 0 Å². The first-order valence-electron chi connectivity index (χ1n) is 12.8. The Morgan fingerprint density at radius 1 is 0.634 bits per heavy atom. The Morgan fingerprint density at radius 3 is 1.37 bits per heavy atom. The van der Waals surface area contributed by atoms with Crippen LogP contribution < -0.4 is 21.2 Å². The summed E-state index contributed by atoms with van der Waals surface area (Å²) in [5.74, 6) is -0.792. The Labute approximate surface area is 241 Å². The van der Waals surface area contributed by atoms with Gasteiger partial charge in [-0.25, -0.2) is 13.2 Å². The molecule has 0 heterocycles. The van der Waals surface area contributed by atoms with Crippen molar-refractivity contribution < 1.29 is 27.6 Å². The lowest BCUT2D eigenvalue weighted by Crippen LogP contribution is -2.38. The molecule has 0 fully saturated rings. The molecule has 41 heavy (non-hydrogen) atoms. The third kappa shape index (κ3) is 7.15. The molecule has 5 aromatic carbocycles. The van der Waals surface area contributed by atoms with Gasteiger partial charge in [0, 0.05) is 0 Å². The van der Waals surface area contributed by atoms with Crippen LogP contribution in [0, 0.1) is 0 Å². The zero-order chi connectivity index (χ0) is 29.1.